The number of methoxy groups -OCH3 is 1. The molecule has 20 heavy (non-hydrogen) atoms. The van der Waals surface area contributed by atoms with Gasteiger partial charge in [0.2, 0.25) is 0 Å². The van der Waals surface area contributed by atoms with Crippen LogP contribution in [0, 0.1) is 6.92 Å². The van der Waals surface area contributed by atoms with Gasteiger partial charge in [-0.25, -0.2) is 0 Å². The molecule has 5 heteroatoms. The SMILES string of the molecule is COc1nc2c(c(Nc3cccc(C)c3)n1)CCNC2. The second kappa shape index (κ2) is 5.46. The number of aromatic nitrogens is 2. The van der Waals surface area contributed by atoms with Gasteiger partial charge in [0, 0.05) is 17.8 Å². The summed E-state index contributed by atoms with van der Waals surface area (Å²) in [5, 5.41) is 6.71. The van der Waals surface area contributed by atoms with Crippen molar-refractivity contribution in [2.45, 2.75) is 19.9 Å². The fourth-order valence-corrected chi connectivity index (χ4v) is 2.39. The number of rotatable bonds is 3. The Hall–Kier alpha value is -2.14. The number of anilines is 2. The Morgan fingerprint density at radius 1 is 1.30 bits per heavy atom. The topological polar surface area (TPSA) is 59.1 Å². The highest BCUT2D eigenvalue weighted by Crippen LogP contribution is 2.26. The van der Waals surface area contributed by atoms with Crippen molar-refractivity contribution in [1.82, 2.24) is 15.3 Å². The van der Waals surface area contributed by atoms with Crippen LogP contribution in [0.1, 0.15) is 16.8 Å². The van der Waals surface area contributed by atoms with E-state index in [1.54, 1.807) is 7.11 Å². The van der Waals surface area contributed by atoms with Crippen molar-refractivity contribution in [2.24, 2.45) is 0 Å². The molecule has 2 aromatic rings. The lowest BCUT2D eigenvalue weighted by molar-refractivity contribution is 0.376. The Morgan fingerprint density at radius 2 is 2.20 bits per heavy atom. The Balaban J connectivity index is 1.99. The van der Waals surface area contributed by atoms with Crippen molar-refractivity contribution >= 4 is 11.5 Å². The molecule has 0 aliphatic carbocycles. The maximum atomic E-state index is 5.19. The first-order valence-electron chi connectivity index (χ1n) is 6.74. The molecule has 0 saturated heterocycles. The van der Waals surface area contributed by atoms with Gasteiger partial charge in [-0.2, -0.15) is 9.97 Å². The lowest BCUT2D eigenvalue weighted by Gasteiger charge is -2.20. The summed E-state index contributed by atoms with van der Waals surface area (Å²) in [5.74, 6) is 0.846. The van der Waals surface area contributed by atoms with Crippen LogP contribution in [0.4, 0.5) is 11.5 Å². The molecule has 0 atom stereocenters. The number of aryl methyl sites for hydroxylation is 1. The average molecular weight is 270 g/mol. The zero-order chi connectivity index (χ0) is 13.9. The largest absolute Gasteiger partial charge is 0.467 e. The van der Waals surface area contributed by atoms with E-state index >= 15 is 0 Å². The third-order valence-corrected chi connectivity index (χ3v) is 3.38. The van der Waals surface area contributed by atoms with Gasteiger partial charge in [0.05, 0.1) is 12.8 Å². The summed E-state index contributed by atoms with van der Waals surface area (Å²) in [6.07, 6.45) is 0.924. The van der Waals surface area contributed by atoms with Gasteiger partial charge < -0.3 is 15.4 Å². The highest BCUT2D eigenvalue weighted by atomic mass is 16.5. The van der Waals surface area contributed by atoms with Crippen LogP contribution >= 0.6 is 0 Å². The molecular weight excluding hydrogens is 252 g/mol. The minimum atomic E-state index is 0.405. The zero-order valence-corrected chi connectivity index (χ0v) is 11.7. The molecule has 0 amide bonds. The smallest absolute Gasteiger partial charge is 0.318 e. The molecule has 0 saturated carbocycles. The number of nitrogens with zero attached hydrogens (tertiary/aromatic N) is 2. The quantitative estimate of drug-likeness (QED) is 0.895. The molecule has 0 radical (unpaired) electrons. The van der Waals surface area contributed by atoms with Gasteiger partial charge in [-0.05, 0) is 37.6 Å². The van der Waals surface area contributed by atoms with Crippen molar-refractivity contribution in [3.8, 4) is 6.01 Å². The molecule has 1 aromatic heterocycles. The van der Waals surface area contributed by atoms with Gasteiger partial charge in [-0.1, -0.05) is 12.1 Å². The van der Waals surface area contributed by atoms with Gasteiger partial charge in [-0.15, -0.1) is 0 Å². The molecule has 3 rings (SSSR count). The minimum Gasteiger partial charge on any atom is -0.467 e. The summed E-state index contributed by atoms with van der Waals surface area (Å²) in [7, 11) is 1.59. The second-order valence-electron chi connectivity index (χ2n) is 4.91. The van der Waals surface area contributed by atoms with Gasteiger partial charge >= 0.3 is 6.01 Å². The van der Waals surface area contributed by atoms with Gasteiger partial charge in [-0.3, -0.25) is 0 Å². The van der Waals surface area contributed by atoms with E-state index in [0.717, 1.165) is 36.7 Å². The number of nitrogens with one attached hydrogen (secondary N) is 2. The predicted octanol–water partition coefficient (Wildman–Crippen LogP) is 2.18. The molecular formula is C15H18N4O. The normalized spacial score (nSPS) is 13.7. The Kier molecular flexibility index (Phi) is 3.52. The van der Waals surface area contributed by atoms with E-state index in [2.05, 4.69) is 39.7 Å². The predicted molar refractivity (Wildman–Crippen MR) is 78.5 cm³/mol. The van der Waals surface area contributed by atoms with E-state index in [1.165, 1.54) is 11.1 Å². The van der Waals surface area contributed by atoms with Crippen LogP contribution in [0.15, 0.2) is 24.3 Å². The van der Waals surface area contributed by atoms with E-state index in [4.69, 9.17) is 4.74 Å². The number of ether oxygens (including phenoxy) is 1. The highest BCUT2D eigenvalue weighted by Gasteiger charge is 2.18. The van der Waals surface area contributed by atoms with Crippen molar-refractivity contribution < 1.29 is 4.74 Å². The molecule has 1 aliphatic rings. The van der Waals surface area contributed by atoms with Crippen LogP contribution in [0.2, 0.25) is 0 Å². The van der Waals surface area contributed by atoms with Crippen LogP contribution in [0.3, 0.4) is 0 Å². The monoisotopic (exact) mass is 270 g/mol. The lowest BCUT2D eigenvalue weighted by atomic mass is 10.1. The van der Waals surface area contributed by atoms with Crippen molar-refractivity contribution in [3.63, 3.8) is 0 Å². The van der Waals surface area contributed by atoms with Crippen LogP contribution in [-0.4, -0.2) is 23.6 Å². The Bertz CT molecular complexity index is 627. The van der Waals surface area contributed by atoms with Crippen molar-refractivity contribution in [1.29, 1.82) is 0 Å². The third-order valence-electron chi connectivity index (χ3n) is 3.38. The van der Waals surface area contributed by atoms with Crippen LogP contribution in [0.25, 0.3) is 0 Å². The maximum absolute atomic E-state index is 5.19. The number of benzene rings is 1. The number of hydrogen-bond donors (Lipinski definition) is 2. The summed E-state index contributed by atoms with van der Waals surface area (Å²) < 4.78 is 5.19. The van der Waals surface area contributed by atoms with Gasteiger partial charge in [0.15, 0.2) is 0 Å². The Labute approximate surface area is 118 Å². The molecule has 0 spiro atoms. The average Bonchev–Trinajstić information content (AvgIpc) is 2.47. The van der Waals surface area contributed by atoms with E-state index < -0.39 is 0 Å². The fraction of sp³-hybridized carbons (Fsp3) is 0.333. The maximum Gasteiger partial charge on any atom is 0.318 e. The van der Waals surface area contributed by atoms with Crippen LogP contribution in [0.5, 0.6) is 6.01 Å². The lowest BCUT2D eigenvalue weighted by Crippen LogP contribution is -2.26. The first-order chi connectivity index (χ1) is 9.76. The van der Waals surface area contributed by atoms with Gasteiger partial charge in [0.1, 0.15) is 5.82 Å². The fourth-order valence-electron chi connectivity index (χ4n) is 2.39. The van der Waals surface area contributed by atoms with E-state index in [9.17, 15) is 0 Å². The second-order valence-corrected chi connectivity index (χ2v) is 4.91. The first-order valence-corrected chi connectivity index (χ1v) is 6.74. The summed E-state index contributed by atoms with van der Waals surface area (Å²) in [5.41, 5.74) is 4.43. The van der Waals surface area contributed by atoms with Crippen molar-refractivity contribution in [3.05, 3.63) is 41.1 Å². The molecule has 0 bridgehead atoms. The molecule has 5 nitrogen and oxygen atoms in total. The standard InChI is InChI=1S/C15H18N4O/c1-10-4-3-5-11(8-10)17-14-12-6-7-16-9-13(12)18-15(19-14)20-2/h3-5,8,16H,6-7,9H2,1-2H3,(H,17,18,19). The van der Waals surface area contributed by atoms with Gasteiger partial charge in [0.25, 0.3) is 0 Å². The summed E-state index contributed by atoms with van der Waals surface area (Å²) in [6.45, 7) is 3.78. The highest BCUT2D eigenvalue weighted by molar-refractivity contribution is 5.61. The Morgan fingerprint density at radius 3 is 3.00 bits per heavy atom. The molecule has 2 N–H and O–H groups in total. The molecule has 104 valence electrons. The minimum absolute atomic E-state index is 0.405. The van der Waals surface area contributed by atoms with E-state index in [-0.39, 0.29) is 0 Å². The summed E-state index contributed by atoms with van der Waals surface area (Å²) in [6, 6.07) is 8.65. The number of hydrogen-bond acceptors (Lipinski definition) is 5. The van der Waals surface area contributed by atoms with Crippen LogP contribution < -0.4 is 15.4 Å². The first kappa shape index (κ1) is 12.9. The number of fused-ring (bicyclic) bond motifs is 1. The third kappa shape index (κ3) is 2.58. The molecule has 2 heterocycles. The zero-order valence-electron chi connectivity index (χ0n) is 11.7. The summed E-state index contributed by atoms with van der Waals surface area (Å²) >= 11 is 0. The summed E-state index contributed by atoms with van der Waals surface area (Å²) in [4.78, 5) is 8.87. The molecule has 0 unspecified atom stereocenters. The van der Waals surface area contributed by atoms with Crippen LogP contribution in [-0.2, 0) is 13.0 Å². The van der Waals surface area contributed by atoms with Crippen molar-refractivity contribution in [2.75, 3.05) is 19.0 Å². The van der Waals surface area contributed by atoms with E-state index in [0.29, 0.717) is 6.01 Å². The molecule has 0 fully saturated rings. The molecule has 1 aromatic carbocycles. The molecule has 1 aliphatic heterocycles. The van der Waals surface area contributed by atoms with E-state index in [1.807, 2.05) is 12.1 Å².